The van der Waals surface area contributed by atoms with Gasteiger partial charge in [-0.1, -0.05) is 36.8 Å². The number of rotatable bonds is 7. The van der Waals surface area contributed by atoms with Gasteiger partial charge in [0.2, 0.25) is 10.0 Å². The van der Waals surface area contributed by atoms with Crippen molar-refractivity contribution in [2.75, 3.05) is 31.1 Å². The van der Waals surface area contributed by atoms with E-state index in [0.717, 1.165) is 23.5 Å². The highest BCUT2D eigenvalue weighted by molar-refractivity contribution is 7.89. The van der Waals surface area contributed by atoms with Gasteiger partial charge in [0.15, 0.2) is 0 Å². The molecule has 1 aliphatic rings. The minimum absolute atomic E-state index is 0.0581. The molecule has 0 atom stereocenters. The van der Waals surface area contributed by atoms with Crippen LogP contribution in [0.5, 0.6) is 0 Å². The summed E-state index contributed by atoms with van der Waals surface area (Å²) in [5.74, 6) is 1.56. The number of non-ortho nitro benzene ring substituents is 1. The number of hydrogen-bond donors (Lipinski definition) is 0. The molecule has 3 aromatic rings. The molecule has 0 aliphatic carbocycles. The van der Waals surface area contributed by atoms with E-state index in [4.69, 9.17) is 4.98 Å². The summed E-state index contributed by atoms with van der Waals surface area (Å²) in [6.45, 7) is 7.61. The Kier molecular flexibility index (Phi) is 7.13. The van der Waals surface area contributed by atoms with Crippen LogP contribution in [0.15, 0.2) is 53.4 Å². The first-order valence-corrected chi connectivity index (χ1v) is 13.0. The summed E-state index contributed by atoms with van der Waals surface area (Å²) >= 11 is 0. The van der Waals surface area contributed by atoms with Gasteiger partial charge in [0.05, 0.1) is 9.82 Å². The molecule has 1 saturated heterocycles. The smallest absolute Gasteiger partial charge is 0.269 e. The van der Waals surface area contributed by atoms with Crippen LogP contribution in [0.2, 0.25) is 0 Å². The van der Waals surface area contributed by atoms with Gasteiger partial charge in [0.1, 0.15) is 11.6 Å². The van der Waals surface area contributed by atoms with E-state index in [1.54, 1.807) is 0 Å². The summed E-state index contributed by atoms with van der Waals surface area (Å²) in [6, 6.07) is 13.4. The standard InChI is InChI=1S/C25H29N5O4S/c1-4-24-23(17-20-7-5-18(2)6-8-20)25(27-19(3)26-24)28-13-15-29(16-14-28)35(33,34)22-11-9-21(10-12-22)30(31)32/h5-12H,4,13-17H2,1-3H3. The van der Waals surface area contributed by atoms with Crippen LogP contribution in [0.1, 0.15) is 35.1 Å². The number of nitro benzene ring substituents is 1. The molecule has 2 heterocycles. The molecule has 1 fully saturated rings. The minimum Gasteiger partial charge on any atom is -0.354 e. The molecule has 4 rings (SSSR count). The lowest BCUT2D eigenvalue weighted by Gasteiger charge is -2.36. The number of aromatic nitrogens is 2. The SMILES string of the molecule is CCc1nc(C)nc(N2CCN(S(=O)(=O)c3ccc([N+](=O)[O-])cc3)CC2)c1Cc1ccc(C)cc1. The molecule has 10 heteroatoms. The summed E-state index contributed by atoms with van der Waals surface area (Å²) in [6.07, 6.45) is 1.49. The maximum atomic E-state index is 13.1. The number of anilines is 1. The second-order valence-corrected chi connectivity index (χ2v) is 10.6. The maximum Gasteiger partial charge on any atom is 0.269 e. The predicted octanol–water partition coefficient (Wildman–Crippen LogP) is 3.67. The van der Waals surface area contributed by atoms with Crippen LogP contribution in [0, 0.1) is 24.0 Å². The lowest BCUT2D eigenvalue weighted by atomic mass is 10.0. The van der Waals surface area contributed by atoms with Gasteiger partial charge in [-0.25, -0.2) is 18.4 Å². The average Bonchev–Trinajstić information content (AvgIpc) is 2.86. The van der Waals surface area contributed by atoms with Gasteiger partial charge < -0.3 is 4.90 Å². The van der Waals surface area contributed by atoms with Gasteiger partial charge in [-0.2, -0.15) is 4.31 Å². The van der Waals surface area contributed by atoms with Crippen molar-refractivity contribution < 1.29 is 13.3 Å². The molecule has 0 amide bonds. The largest absolute Gasteiger partial charge is 0.354 e. The fraction of sp³-hybridized carbons (Fsp3) is 0.360. The van der Waals surface area contributed by atoms with Gasteiger partial charge >= 0.3 is 0 Å². The Morgan fingerprint density at radius 3 is 2.14 bits per heavy atom. The van der Waals surface area contributed by atoms with E-state index in [9.17, 15) is 18.5 Å². The van der Waals surface area contributed by atoms with Gasteiger partial charge in [-0.3, -0.25) is 10.1 Å². The highest BCUT2D eigenvalue weighted by Crippen LogP contribution is 2.27. The maximum absolute atomic E-state index is 13.1. The van der Waals surface area contributed by atoms with Crippen LogP contribution >= 0.6 is 0 Å². The number of aryl methyl sites for hydroxylation is 3. The number of nitrogens with zero attached hydrogens (tertiary/aromatic N) is 5. The molecule has 184 valence electrons. The molecule has 0 saturated carbocycles. The van der Waals surface area contributed by atoms with Crippen molar-refractivity contribution in [1.82, 2.24) is 14.3 Å². The second kappa shape index (κ2) is 10.1. The van der Waals surface area contributed by atoms with Crippen LogP contribution in [-0.2, 0) is 22.9 Å². The highest BCUT2D eigenvalue weighted by atomic mass is 32.2. The van der Waals surface area contributed by atoms with E-state index in [2.05, 4.69) is 48.0 Å². The van der Waals surface area contributed by atoms with E-state index in [1.807, 2.05) is 6.92 Å². The fourth-order valence-corrected chi connectivity index (χ4v) is 5.73. The van der Waals surface area contributed by atoms with Crippen LogP contribution in [-0.4, -0.2) is 53.8 Å². The first-order valence-electron chi connectivity index (χ1n) is 11.6. The fourth-order valence-electron chi connectivity index (χ4n) is 4.31. The average molecular weight is 496 g/mol. The first-order chi connectivity index (χ1) is 16.7. The molecular formula is C25H29N5O4S. The van der Waals surface area contributed by atoms with Crippen molar-refractivity contribution in [3.63, 3.8) is 0 Å². The van der Waals surface area contributed by atoms with Gasteiger partial charge in [0.25, 0.3) is 5.69 Å². The second-order valence-electron chi connectivity index (χ2n) is 8.68. The van der Waals surface area contributed by atoms with Crippen molar-refractivity contribution >= 4 is 21.5 Å². The highest BCUT2D eigenvalue weighted by Gasteiger charge is 2.30. The molecule has 35 heavy (non-hydrogen) atoms. The lowest BCUT2D eigenvalue weighted by Crippen LogP contribution is -2.49. The van der Waals surface area contributed by atoms with Crippen LogP contribution in [0.4, 0.5) is 11.5 Å². The minimum atomic E-state index is -3.74. The van der Waals surface area contributed by atoms with E-state index < -0.39 is 14.9 Å². The van der Waals surface area contributed by atoms with Crippen molar-refractivity contribution in [2.45, 2.75) is 38.5 Å². The van der Waals surface area contributed by atoms with E-state index in [0.29, 0.717) is 38.4 Å². The summed E-state index contributed by atoms with van der Waals surface area (Å²) < 4.78 is 27.7. The third-order valence-corrected chi connectivity index (χ3v) is 8.16. The summed E-state index contributed by atoms with van der Waals surface area (Å²) in [5, 5.41) is 10.9. The molecule has 9 nitrogen and oxygen atoms in total. The van der Waals surface area contributed by atoms with Crippen molar-refractivity contribution in [1.29, 1.82) is 0 Å². The quantitative estimate of drug-likeness (QED) is 0.363. The van der Waals surface area contributed by atoms with Crippen LogP contribution in [0.3, 0.4) is 0 Å². The zero-order valence-corrected chi connectivity index (χ0v) is 21.0. The molecular weight excluding hydrogens is 466 g/mol. The number of benzene rings is 2. The molecule has 0 bridgehead atoms. The summed E-state index contributed by atoms with van der Waals surface area (Å²) in [5.41, 5.74) is 4.33. The van der Waals surface area contributed by atoms with Crippen molar-refractivity contribution in [3.8, 4) is 0 Å². The van der Waals surface area contributed by atoms with Gasteiger partial charge in [-0.05, 0) is 38.0 Å². The van der Waals surface area contributed by atoms with Crippen molar-refractivity contribution in [2.24, 2.45) is 0 Å². The number of hydrogen-bond acceptors (Lipinski definition) is 7. The third kappa shape index (κ3) is 5.33. The Labute approximate surface area is 205 Å². The summed E-state index contributed by atoms with van der Waals surface area (Å²) in [7, 11) is -3.74. The first kappa shape index (κ1) is 24.7. The topological polar surface area (TPSA) is 110 Å². The van der Waals surface area contributed by atoms with Crippen molar-refractivity contribution in [3.05, 3.63) is 86.9 Å². The number of sulfonamides is 1. The summed E-state index contributed by atoms with van der Waals surface area (Å²) in [4.78, 5) is 22.0. The van der Waals surface area contributed by atoms with Gasteiger partial charge in [0, 0.05) is 56.0 Å². The zero-order chi connectivity index (χ0) is 25.2. The Morgan fingerprint density at radius 1 is 0.943 bits per heavy atom. The van der Waals surface area contributed by atoms with Gasteiger partial charge in [-0.15, -0.1) is 0 Å². The molecule has 0 radical (unpaired) electrons. The Balaban J connectivity index is 1.56. The van der Waals surface area contributed by atoms with Crippen LogP contribution in [0.25, 0.3) is 0 Å². The number of nitro groups is 1. The van der Waals surface area contributed by atoms with E-state index >= 15 is 0 Å². The molecule has 1 aromatic heterocycles. The van der Waals surface area contributed by atoms with E-state index in [-0.39, 0.29) is 10.6 Å². The lowest BCUT2D eigenvalue weighted by molar-refractivity contribution is -0.384. The van der Waals surface area contributed by atoms with Crippen LogP contribution < -0.4 is 4.90 Å². The monoisotopic (exact) mass is 495 g/mol. The predicted molar refractivity (Wildman–Crippen MR) is 134 cm³/mol. The third-order valence-electron chi connectivity index (χ3n) is 6.24. The normalized spacial score (nSPS) is 14.8. The molecule has 1 aliphatic heterocycles. The molecule has 0 unspecified atom stereocenters. The Hall–Kier alpha value is -3.37. The molecule has 2 aromatic carbocycles. The molecule has 0 N–H and O–H groups in total. The number of piperazine rings is 1. The van der Waals surface area contributed by atoms with E-state index in [1.165, 1.54) is 39.7 Å². The zero-order valence-electron chi connectivity index (χ0n) is 20.1. The molecule has 0 spiro atoms. The Bertz CT molecular complexity index is 1320. The Morgan fingerprint density at radius 2 is 1.57 bits per heavy atom.